The number of anilines is 1. The third-order valence-corrected chi connectivity index (χ3v) is 5.55. The first-order valence-electron chi connectivity index (χ1n) is 7.60. The summed E-state index contributed by atoms with van der Waals surface area (Å²) in [6, 6.07) is 6.18. The van der Waals surface area contributed by atoms with Gasteiger partial charge in [0, 0.05) is 23.8 Å². The highest BCUT2D eigenvalue weighted by molar-refractivity contribution is 6.30. The average molecular weight is 318 g/mol. The van der Waals surface area contributed by atoms with Gasteiger partial charge in [-0.05, 0) is 37.0 Å². The number of fused-ring (bicyclic) bond motifs is 2. The van der Waals surface area contributed by atoms with Crippen molar-refractivity contribution in [2.75, 3.05) is 24.6 Å². The van der Waals surface area contributed by atoms with E-state index in [2.05, 4.69) is 37.7 Å². The molecule has 0 unspecified atom stereocenters. The Morgan fingerprint density at radius 2 is 2.27 bits per heavy atom. The van der Waals surface area contributed by atoms with Crippen LogP contribution in [-0.2, 0) is 16.6 Å². The number of tetrazole rings is 1. The fourth-order valence-corrected chi connectivity index (χ4v) is 4.54. The van der Waals surface area contributed by atoms with Gasteiger partial charge in [0.2, 0.25) is 0 Å². The topological polar surface area (TPSA) is 66.9 Å². The molecule has 6 nitrogen and oxygen atoms in total. The van der Waals surface area contributed by atoms with Gasteiger partial charge in [0.05, 0.1) is 17.6 Å². The highest BCUT2D eigenvalue weighted by Crippen LogP contribution is 2.58. The van der Waals surface area contributed by atoms with Crippen LogP contribution in [0.5, 0.6) is 0 Å². The van der Waals surface area contributed by atoms with Crippen LogP contribution in [0.4, 0.5) is 5.69 Å². The van der Waals surface area contributed by atoms with Gasteiger partial charge in [-0.2, -0.15) is 5.21 Å². The largest absolute Gasteiger partial charge is 0.372 e. The second-order valence-corrected chi connectivity index (χ2v) is 7.22. The molecule has 1 aromatic carbocycles. The summed E-state index contributed by atoms with van der Waals surface area (Å²) in [4.78, 5) is 2.41. The maximum absolute atomic E-state index is 6.15. The Labute approximate surface area is 132 Å². The second-order valence-electron chi connectivity index (χ2n) is 6.79. The Hall–Kier alpha value is -1.66. The summed E-state index contributed by atoms with van der Waals surface area (Å²) in [7, 11) is 0. The zero-order valence-corrected chi connectivity index (χ0v) is 12.8. The summed E-state index contributed by atoms with van der Waals surface area (Å²) in [5.74, 6) is 0.797. The number of aromatic nitrogens is 4. The van der Waals surface area contributed by atoms with Crippen LogP contribution >= 0.6 is 11.6 Å². The molecule has 1 N–H and O–H groups in total. The van der Waals surface area contributed by atoms with E-state index in [1.54, 1.807) is 0 Å². The van der Waals surface area contributed by atoms with Crippen molar-refractivity contribution in [3.05, 3.63) is 34.6 Å². The van der Waals surface area contributed by atoms with Crippen molar-refractivity contribution in [3.63, 3.8) is 0 Å². The molecule has 3 fully saturated rings. The number of H-pyrrole nitrogens is 1. The van der Waals surface area contributed by atoms with Crippen molar-refractivity contribution >= 4 is 17.3 Å². The van der Waals surface area contributed by atoms with E-state index in [1.165, 1.54) is 11.3 Å². The maximum Gasteiger partial charge on any atom is 0.183 e. The van der Waals surface area contributed by atoms with Crippen LogP contribution in [0.15, 0.2) is 18.2 Å². The lowest BCUT2D eigenvalue weighted by Gasteiger charge is -2.44. The quantitative estimate of drug-likeness (QED) is 0.933. The van der Waals surface area contributed by atoms with E-state index in [1.807, 2.05) is 6.07 Å². The summed E-state index contributed by atoms with van der Waals surface area (Å²) >= 11 is 6.15. The van der Waals surface area contributed by atoms with Gasteiger partial charge >= 0.3 is 0 Å². The van der Waals surface area contributed by atoms with Gasteiger partial charge in [-0.3, -0.25) is 0 Å². The predicted octanol–water partition coefficient (Wildman–Crippen LogP) is 1.72. The van der Waals surface area contributed by atoms with Crippen molar-refractivity contribution in [3.8, 4) is 0 Å². The van der Waals surface area contributed by atoms with E-state index in [0.717, 1.165) is 43.2 Å². The summed E-state index contributed by atoms with van der Waals surface area (Å²) in [5, 5.41) is 15.4. The molecular formula is C15H16ClN5O. The first-order valence-corrected chi connectivity index (χ1v) is 7.97. The molecule has 2 saturated heterocycles. The van der Waals surface area contributed by atoms with Crippen molar-refractivity contribution in [1.82, 2.24) is 20.6 Å². The Bertz CT molecular complexity index is 726. The van der Waals surface area contributed by atoms with Gasteiger partial charge in [-0.1, -0.05) is 22.9 Å². The van der Waals surface area contributed by atoms with E-state index < -0.39 is 0 Å². The lowest BCUT2D eigenvalue weighted by molar-refractivity contribution is 0.00385. The summed E-state index contributed by atoms with van der Waals surface area (Å²) in [6.45, 7) is 2.65. The molecule has 0 radical (unpaired) electrons. The summed E-state index contributed by atoms with van der Waals surface area (Å²) in [6.07, 6.45) is 3.04. The Morgan fingerprint density at radius 3 is 3.09 bits per heavy atom. The first-order chi connectivity index (χ1) is 10.7. The van der Waals surface area contributed by atoms with Gasteiger partial charge in [0.15, 0.2) is 5.82 Å². The van der Waals surface area contributed by atoms with Gasteiger partial charge in [-0.25, -0.2) is 0 Å². The molecule has 0 amide bonds. The zero-order chi connectivity index (χ0) is 14.8. The molecule has 1 aromatic heterocycles. The fraction of sp³-hybridized carbons (Fsp3) is 0.533. The van der Waals surface area contributed by atoms with E-state index in [0.29, 0.717) is 6.61 Å². The minimum atomic E-state index is -0.0649. The van der Waals surface area contributed by atoms with Gasteiger partial charge < -0.3 is 9.64 Å². The molecule has 0 spiro atoms. The SMILES string of the molecule is Clc1ccc2c(c1)N(CC13CC(c4nn[nH]n4)(CO1)C3)CC2. The Kier molecular flexibility index (Phi) is 2.45. The fourth-order valence-electron chi connectivity index (χ4n) is 4.37. The monoisotopic (exact) mass is 317 g/mol. The molecule has 2 aromatic rings. The number of benzene rings is 1. The molecular weight excluding hydrogens is 302 g/mol. The molecule has 0 atom stereocenters. The van der Waals surface area contributed by atoms with Crippen LogP contribution in [0.1, 0.15) is 24.2 Å². The van der Waals surface area contributed by atoms with Gasteiger partial charge in [0.1, 0.15) is 0 Å². The number of halogens is 1. The number of aromatic amines is 1. The second kappa shape index (κ2) is 4.20. The molecule has 22 heavy (non-hydrogen) atoms. The van der Waals surface area contributed by atoms with Crippen LogP contribution in [-0.4, -0.2) is 45.9 Å². The van der Waals surface area contributed by atoms with Crippen molar-refractivity contribution in [1.29, 1.82) is 0 Å². The normalized spacial score (nSPS) is 32.1. The molecule has 4 aliphatic rings. The van der Waals surface area contributed by atoms with Crippen LogP contribution in [0.3, 0.4) is 0 Å². The van der Waals surface area contributed by atoms with Crippen LogP contribution in [0.25, 0.3) is 0 Å². The third-order valence-electron chi connectivity index (χ3n) is 5.31. The zero-order valence-electron chi connectivity index (χ0n) is 12.0. The van der Waals surface area contributed by atoms with Crippen molar-refractivity contribution in [2.45, 2.75) is 30.3 Å². The predicted molar refractivity (Wildman–Crippen MR) is 81.1 cm³/mol. The van der Waals surface area contributed by atoms with Crippen molar-refractivity contribution < 1.29 is 4.74 Å². The Balaban J connectivity index is 1.37. The number of ether oxygens (including phenoxy) is 1. The lowest BCUT2D eigenvalue weighted by atomic mass is 9.62. The van der Waals surface area contributed by atoms with Gasteiger partial charge in [0.25, 0.3) is 0 Å². The highest BCUT2D eigenvalue weighted by atomic mass is 35.5. The first kappa shape index (κ1) is 12.8. The van der Waals surface area contributed by atoms with E-state index in [-0.39, 0.29) is 11.0 Å². The third kappa shape index (κ3) is 1.68. The van der Waals surface area contributed by atoms with Crippen LogP contribution in [0, 0.1) is 0 Å². The molecule has 4 heterocycles. The number of rotatable bonds is 3. The van der Waals surface area contributed by atoms with Gasteiger partial charge in [-0.15, -0.1) is 10.2 Å². The molecule has 6 rings (SSSR count). The molecule has 1 aliphatic carbocycles. The highest BCUT2D eigenvalue weighted by Gasteiger charge is 2.65. The smallest absolute Gasteiger partial charge is 0.183 e. The maximum atomic E-state index is 6.15. The molecule has 7 heteroatoms. The number of hydrogen-bond acceptors (Lipinski definition) is 5. The van der Waals surface area contributed by atoms with Crippen molar-refractivity contribution in [2.24, 2.45) is 0 Å². The Morgan fingerprint density at radius 1 is 1.36 bits per heavy atom. The summed E-state index contributed by atoms with van der Waals surface area (Å²) in [5.41, 5.74) is 2.55. The van der Waals surface area contributed by atoms with E-state index in [4.69, 9.17) is 16.3 Å². The number of nitrogens with one attached hydrogen (secondary N) is 1. The average Bonchev–Trinajstić information content (AvgIpc) is 3.21. The standard InChI is InChI=1S/C15H16ClN5O/c16-11-2-1-10-3-4-21(12(10)5-11)8-15-6-14(7-15,9-22-15)13-17-19-20-18-13/h1-2,5H,3-4,6-9H2,(H,17,18,19,20). The van der Waals surface area contributed by atoms with Crippen LogP contribution < -0.4 is 4.90 Å². The molecule has 114 valence electrons. The van der Waals surface area contributed by atoms with Crippen LogP contribution in [0.2, 0.25) is 5.02 Å². The minimum absolute atomic E-state index is 0.0239. The van der Waals surface area contributed by atoms with E-state index in [9.17, 15) is 0 Å². The summed E-state index contributed by atoms with van der Waals surface area (Å²) < 4.78 is 6.15. The lowest BCUT2D eigenvalue weighted by Crippen LogP contribution is -2.53. The number of nitrogens with zero attached hydrogens (tertiary/aromatic N) is 4. The number of hydrogen-bond donors (Lipinski definition) is 1. The molecule has 1 saturated carbocycles. The molecule has 2 bridgehead atoms. The molecule has 3 aliphatic heterocycles. The van der Waals surface area contributed by atoms with E-state index >= 15 is 0 Å². The minimum Gasteiger partial charge on any atom is -0.372 e.